The van der Waals surface area contributed by atoms with Gasteiger partial charge in [0.2, 0.25) is 5.89 Å². The molecule has 0 aliphatic rings. The van der Waals surface area contributed by atoms with Crippen LogP contribution in [0.25, 0.3) is 17.2 Å². The molecule has 2 amide bonds. The Kier molecular flexibility index (Phi) is 4.15. The molecule has 6 heteroatoms. The topological polar surface area (TPSA) is 84.2 Å². The number of aromatic nitrogens is 1. The fraction of sp³-hybridized carbons (Fsp3) is 0. The van der Waals surface area contributed by atoms with Crippen molar-refractivity contribution in [3.63, 3.8) is 0 Å². The lowest BCUT2D eigenvalue weighted by Gasteiger charge is -2.04. The monoisotopic (exact) mass is 307 g/mol. The summed E-state index contributed by atoms with van der Waals surface area (Å²) in [6.45, 7) is 0. The molecule has 0 saturated carbocycles. The van der Waals surface area contributed by atoms with Gasteiger partial charge in [0.05, 0.1) is 0 Å². The maximum atomic E-state index is 11.8. The molecule has 6 nitrogen and oxygen atoms in total. The van der Waals surface area contributed by atoms with E-state index in [4.69, 9.17) is 4.42 Å². The van der Waals surface area contributed by atoms with Gasteiger partial charge in [-0.25, -0.2) is 4.98 Å². The predicted molar refractivity (Wildman–Crippen MR) is 85.1 cm³/mol. The normalized spacial score (nSPS) is 10.8. The van der Waals surface area contributed by atoms with Gasteiger partial charge in [-0.05, 0) is 24.3 Å². The lowest BCUT2D eigenvalue weighted by atomic mass is 10.2. The summed E-state index contributed by atoms with van der Waals surface area (Å²) in [6, 6.07) is 15.9. The predicted octanol–water partition coefficient (Wildman–Crippen LogP) is 2.30. The highest BCUT2D eigenvalue weighted by Crippen LogP contribution is 2.15. The Morgan fingerprint density at radius 1 is 0.957 bits per heavy atom. The Morgan fingerprint density at radius 3 is 2.48 bits per heavy atom. The molecule has 3 aromatic rings. The van der Waals surface area contributed by atoms with Gasteiger partial charge in [0.15, 0.2) is 5.58 Å². The summed E-state index contributed by atoms with van der Waals surface area (Å²) >= 11 is 0. The van der Waals surface area contributed by atoms with Crippen LogP contribution in [0.3, 0.4) is 0 Å². The number of hydrogen-bond donors (Lipinski definition) is 2. The summed E-state index contributed by atoms with van der Waals surface area (Å²) < 4.78 is 5.45. The van der Waals surface area contributed by atoms with E-state index in [1.54, 1.807) is 36.4 Å². The van der Waals surface area contributed by atoms with E-state index in [0.29, 0.717) is 22.6 Å². The number of para-hydroxylation sites is 2. The Balaban J connectivity index is 1.57. The smallest absolute Gasteiger partial charge is 0.269 e. The Labute approximate surface area is 131 Å². The van der Waals surface area contributed by atoms with E-state index in [1.165, 1.54) is 12.2 Å². The minimum atomic E-state index is -0.489. The standard InChI is InChI=1S/C17H13N3O3/c21-15(19-20-17(22)12-6-2-1-3-7-12)10-11-16-18-13-8-4-5-9-14(13)23-16/h1-11H,(H,19,21)(H,20,22)/b11-10+. The summed E-state index contributed by atoms with van der Waals surface area (Å²) in [5, 5.41) is 0. The number of hydrazine groups is 1. The van der Waals surface area contributed by atoms with Gasteiger partial charge in [-0.1, -0.05) is 30.3 Å². The summed E-state index contributed by atoms with van der Waals surface area (Å²) in [5.74, 6) is -0.568. The summed E-state index contributed by atoms with van der Waals surface area (Å²) in [5.41, 5.74) is 6.42. The number of benzene rings is 2. The average molecular weight is 307 g/mol. The molecule has 0 spiro atoms. The van der Waals surface area contributed by atoms with Crippen molar-refractivity contribution >= 4 is 29.0 Å². The first-order valence-corrected chi connectivity index (χ1v) is 6.91. The number of oxazole rings is 1. The lowest BCUT2D eigenvalue weighted by molar-refractivity contribution is -0.117. The number of amides is 2. The van der Waals surface area contributed by atoms with Crippen LogP contribution in [0.2, 0.25) is 0 Å². The first kappa shape index (κ1) is 14.5. The van der Waals surface area contributed by atoms with Gasteiger partial charge >= 0.3 is 0 Å². The van der Waals surface area contributed by atoms with Gasteiger partial charge in [0, 0.05) is 17.7 Å². The van der Waals surface area contributed by atoms with E-state index < -0.39 is 11.8 Å². The van der Waals surface area contributed by atoms with Crippen LogP contribution in [0.1, 0.15) is 16.2 Å². The van der Waals surface area contributed by atoms with Crippen molar-refractivity contribution in [2.75, 3.05) is 0 Å². The van der Waals surface area contributed by atoms with Crippen LogP contribution >= 0.6 is 0 Å². The first-order chi connectivity index (χ1) is 11.2. The largest absolute Gasteiger partial charge is 0.437 e. The lowest BCUT2D eigenvalue weighted by Crippen LogP contribution is -2.40. The third-order valence-electron chi connectivity index (χ3n) is 3.02. The van der Waals surface area contributed by atoms with Crippen molar-refractivity contribution in [1.82, 2.24) is 15.8 Å². The van der Waals surface area contributed by atoms with Crippen molar-refractivity contribution in [3.8, 4) is 0 Å². The van der Waals surface area contributed by atoms with Crippen molar-refractivity contribution in [3.05, 3.63) is 72.1 Å². The molecule has 1 aromatic heterocycles. The van der Waals surface area contributed by atoms with Gasteiger partial charge in [0.1, 0.15) is 5.52 Å². The van der Waals surface area contributed by atoms with Crippen LogP contribution in [0.5, 0.6) is 0 Å². The molecule has 23 heavy (non-hydrogen) atoms. The molecule has 0 unspecified atom stereocenters. The molecule has 2 aromatic carbocycles. The van der Waals surface area contributed by atoms with Crippen LogP contribution < -0.4 is 10.9 Å². The van der Waals surface area contributed by atoms with Gasteiger partial charge in [-0.2, -0.15) is 0 Å². The van der Waals surface area contributed by atoms with Gasteiger partial charge in [-0.15, -0.1) is 0 Å². The van der Waals surface area contributed by atoms with Gasteiger partial charge in [0.25, 0.3) is 11.8 Å². The number of carbonyl (C=O) groups excluding carboxylic acids is 2. The number of carbonyl (C=O) groups is 2. The number of nitrogens with zero attached hydrogens (tertiary/aromatic N) is 1. The molecule has 0 radical (unpaired) electrons. The molecule has 0 fully saturated rings. The second-order valence-electron chi connectivity index (χ2n) is 4.66. The third kappa shape index (κ3) is 3.62. The average Bonchev–Trinajstić information content (AvgIpc) is 3.01. The zero-order valence-corrected chi connectivity index (χ0v) is 12.0. The first-order valence-electron chi connectivity index (χ1n) is 6.91. The molecule has 0 bridgehead atoms. The third-order valence-corrected chi connectivity index (χ3v) is 3.02. The molecule has 3 rings (SSSR count). The molecule has 0 saturated heterocycles. The second-order valence-corrected chi connectivity index (χ2v) is 4.66. The van der Waals surface area contributed by atoms with E-state index >= 15 is 0 Å². The Hall–Kier alpha value is -3.41. The molecule has 2 N–H and O–H groups in total. The summed E-state index contributed by atoms with van der Waals surface area (Å²) in [4.78, 5) is 27.7. The van der Waals surface area contributed by atoms with Gasteiger partial charge in [-0.3, -0.25) is 20.4 Å². The second kappa shape index (κ2) is 6.57. The highest BCUT2D eigenvalue weighted by atomic mass is 16.3. The fourth-order valence-electron chi connectivity index (χ4n) is 1.93. The van der Waals surface area contributed by atoms with E-state index in [0.717, 1.165) is 0 Å². The fourth-order valence-corrected chi connectivity index (χ4v) is 1.93. The van der Waals surface area contributed by atoms with Crippen molar-refractivity contribution in [1.29, 1.82) is 0 Å². The van der Waals surface area contributed by atoms with E-state index in [-0.39, 0.29) is 0 Å². The molecule has 1 heterocycles. The number of nitrogens with one attached hydrogen (secondary N) is 2. The quantitative estimate of drug-likeness (QED) is 0.574. The summed E-state index contributed by atoms with van der Waals surface area (Å²) in [6.07, 6.45) is 2.67. The molecule has 114 valence electrons. The molecule has 0 aliphatic carbocycles. The summed E-state index contributed by atoms with van der Waals surface area (Å²) in [7, 11) is 0. The SMILES string of the molecule is O=C(/C=C/c1nc2ccccc2o1)NNC(=O)c1ccccc1. The van der Waals surface area contributed by atoms with Crippen LogP contribution in [0.15, 0.2) is 65.1 Å². The highest BCUT2D eigenvalue weighted by molar-refractivity contribution is 5.97. The molecular formula is C17H13N3O3. The highest BCUT2D eigenvalue weighted by Gasteiger charge is 2.05. The minimum Gasteiger partial charge on any atom is -0.437 e. The molecule has 0 aliphatic heterocycles. The Bertz CT molecular complexity index is 836. The van der Waals surface area contributed by atoms with Crippen LogP contribution in [-0.4, -0.2) is 16.8 Å². The maximum absolute atomic E-state index is 11.8. The maximum Gasteiger partial charge on any atom is 0.269 e. The zero-order valence-electron chi connectivity index (χ0n) is 12.0. The van der Waals surface area contributed by atoms with Crippen molar-refractivity contribution < 1.29 is 14.0 Å². The Morgan fingerprint density at radius 2 is 1.70 bits per heavy atom. The number of rotatable bonds is 3. The molecular weight excluding hydrogens is 294 g/mol. The number of hydrogen-bond acceptors (Lipinski definition) is 4. The van der Waals surface area contributed by atoms with Crippen LogP contribution in [-0.2, 0) is 4.79 Å². The van der Waals surface area contributed by atoms with E-state index in [1.807, 2.05) is 18.2 Å². The van der Waals surface area contributed by atoms with E-state index in [9.17, 15) is 9.59 Å². The molecule has 0 atom stereocenters. The van der Waals surface area contributed by atoms with Gasteiger partial charge < -0.3 is 4.42 Å². The van der Waals surface area contributed by atoms with E-state index in [2.05, 4.69) is 15.8 Å². The zero-order chi connectivity index (χ0) is 16.1. The number of fused-ring (bicyclic) bond motifs is 1. The van der Waals surface area contributed by atoms with Crippen molar-refractivity contribution in [2.45, 2.75) is 0 Å². The van der Waals surface area contributed by atoms with Crippen molar-refractivity contribution in [2.24, 2.45) is 0 Å². The van der Waals surface area contributed by atoms with Crippen LogP contribution in [0, 0.1) is 0 Å². The minimum absolute atomic E-state index is 0.315. The van der Waals surface area contributed by atoms with Crippen LogP contribution in [0.4, 0.5) is 0 Å².